The lowest BCUT2D eigenvalue weighted by molar-refractivity contribution is 0.415. The molecule has 0 saturated carbocycles. The Kier molecular flexibility index (Phi) is 4.68. The first-order valence-electron chi connectivity index (χ1n) is 7.51. The maximum atomic E-state index is 5.20. The molecule has 2 heterocycles. The minimum atomic E-state index is 0. The van der Waals surface area contributed by atoms with E-state index in [1.165, 1.54) is 35.1 Å². The van der Waals surface area contributed by atoms with Crippen molar-refractivity contribution >= 4 is 45.5 Å². The van der Waals surface area contributed by atoms with Gasteiger partial charge in [-0.05, 0) is 55.5 Å². The van der Waals surface area contributed by atoms with Gasteiger partial charge in [0.25, 0.3) is 0 Å². The summed E-state index contributed by atoms with van der Waals surface area (Å²) < 4.78 is 5.20. The zero-order chi connectivity index (χ0) is 14.9. The zero-order valence-corrected chi connectivity index (χ0v) is 14.5. The second kappa shape index (κ2) is 6.72. The van der Waals surface area contributed by atoms with Gasteiger partial charge in [-0.25, -0.2) is 9.97 Å². The molecule has 0 fully saturated rings. The van der Waals surface area contributed by atoms with Crippen molar-refractivity contribution < 1.29 is 4.74 Å². The summed E-state index contributed by atoms with van der Waals surface area (Å²) in [7, 11) is 1.67. The van der Waals surface area contributed by atoms with Crippen LogP contribution in [0, 0.1) is 0 Å². The van der Waals surface area contributed by atoms with Crippen LogP contribution < -0.4 is 10.1 Å². The van der Waals surface area contributed by atoms with E-state index in [1.807, 2.05) is 35.6 Å². The lowest BCUT2D eigenvalue weighted by Gasteiger charge is -2.12. The Morgan fingerprint density at radius 1 is 1.09 bits per heavy atom. The van der Waals surface area contributed by atoms with Crippen LogP contribution in [0.25, 0.3) is 10.2 Å². The molecule has 0 spiro atoms. The van der Waals surface area contributed by atoms with Gasteiger partial charge in [0.2, 0.25) is 0 Å². The Hall–Kier alpha value is -1.85. The van der Waals surface area contributed by atoms with E-state index in [1.54, 1.807) is 13.4 Å². The fourth-order valence-corrected chi connectivity index (χ4v) is 4.22. The molecule has 23 heavy (non-hydrogen) atoms. The summed E-state index contributed by atoms with van der Waals surface area (Å²) in [6, 6.07) is 7.91. The first kappa shape index (κ1) is 16.0. The van der Waals surface area contributed by atoms with Crippen LogP contribution in [-0.2, 0) is 12.8 Å². The van der Waals surface area contributed by atoms with Crippen LogP contribution in [0.3, 0.4) is 0 Å². The number of benzene rings is 1. The summed E-state index contributed by atoms with van der Waals surface area (Å²) in [5.74, 6) is 1.76. The lowest BCUT2D eigenvalue weighted by atomic mass is 9.97. The summed E-state index contributed by atoms with van der Waals surface area (Å²) in [5, 5.41) is 4.64. The number of rotatable bonds is 3. The second-order valence-electron chi connectivity index (χ2n) is 5.47. The normalized spacial score (nSPS) is 13.3. The van der Waals surface area contributed by atoms with Crippen LogP contribution >= 0.6 is 23.7 Å². The van der Waals surface area contributed by atoms with E-state index in [2.05, 4.69) is 15.3 Å². The number of hydrogen-bond acceptors (Lipinski definition) is 5. The summed E-state index contributed by atoms with van der Waals surface area (Å²) in [5.41, 5.74) is 2.46. The highest BCUT2D eigenvalue weighted by Gasteiger charge is 2.19. The smallest absolute Gasteiger partial charge is 0.142 e. The molecule has 4 rings (SSSR count). The molecular weight excluding hydrogens is 330 g/mol. The molecule has 0 unspecified atom stereocenters. The Bertz CT molecular complexity index is 817. The number of methoxy groups -OCH3 is 1. The van der Waals surface area contributed by atoms with E-state index in [9.17, 15) is 0 Å². The third kappa shape index (κ3) is 2.99. The van der Waals surface area contributed by atoms with Crippen molar-refractivity contribution in [3.05, 3.63) is 41.0 Å². The van der Waals surface area contributed by atoms with Gasteiger partial charge in [0, 0.05) is 10.6 Å². The maximum Gasteiger partial charge on any atom is 0.142 e. The highest BCUT2D eigenvalue weighted by Crippen LogP contribution is 2.38. The summed E-state index contributed by atoms with van der Waals surface area (Å²) in [6.45, 7) is 0. The van der Waals surface area contributed by atoms with Crippen LogP contribution in [0.5, 0.6) is 5.75 Å². The Labute approximate surface area is 145 Å². The number of thiophene rings is 1. The Balaban J connectivity index is 0.00000156. The van der Waals surface area contributed by atoms with E-state index in [4.69, 9.17) is 4.74 Å². The molecule has 0 atom stereocenters. The number of nitrogens with one attached hydrogen (secondary N) is 1. The van der Waals surface area contributed by atoms with Gasteiger partial charge in [-0.2, -0.15) is 0 Å². The molecule has 1 aromatic carbocycles. The minimum absolute atomic E-state index is 0. The molecule has 0 bridgehead atoms. The zero-order valence-electron chi connectivity index (χ0n) is 12.8. The molecular formula is C17H18ClN3OS. The number of aryl methyl sites for hydroxylation is 2. The van der Waals surface area contributed by atoms with Gasteiger partial charge in [0.15, 0.2) is 0 Å². The molecule has 1 aliphatic carbocycles. The van der Waals surface area contributed by atoms with Crippen molar-refractivity contribution in [2.24, 2.45) is 0 Å². The van der Waals surface area contributed by atoms with Crippen molar-refractivity contribution in [1.82, 2.24) is 9.97 Å². The van der Waals surface area contributed by atoms with Crippen molar-refractivity contribution in [3.8, 4) is 5.75 Å². The molecule has 4 nitrogen and oxygen atoms in total. The van der Waals surface area contributed by atoms with Crippen LogP contribution in [0.2, 0.25) is 0 Å². The summed E-state index contributed by atoms with van der Waals surface area (Å²) in [6.07, 6.45) is 6.51. The van der Waals surface area contributed by atoms with E-state index < -0.39 is 0 Å². The largest absolute Gasteiger partial charge is 0.497 e. The first-order valence-corrected chi connectivity index (χ1v) is 8.33. The molecule has 0 saturated heterocycles. The minimum Gasteiger partial charge on any atom is -0.497 e. The van der Waals surface area contributed by atoms with Crippen molar-refractivity contribution in [1.29, 1.82) is 0 Å². The Morgan fingerprint density at radius 2 is 1.87 bits per heavy atom. The summed E-state index contributed by atoms with van der Waals surface area (Å²) >= 11 is 1.82. The number of halogens is 1. The number of anilines is 2. The number of fused-ring (bicyclic) bond motifs is 3. The Morgan fingerprint density at radius 3 is 2.65 bits per heavy atom. The van der Waals surface area contributed by atoms with E-state index in [0.717, 1.165) is 28.5 Å². The van der Waals surface area contributed by atoms with Gasteiger partial charge in [-0.15, -0.1) is 23.7 Å². The lowest BCUT2D eigenvalue weighted by Crippen LogP contribution is -2.01. The highest BCUT2D eigenvalue weighted by molar-refractivity contribution is 7.19. The number of hydrogen-bond donors (Lipinski definition) is 1. The topological polar surface area (TPSA) is 47.0 Å². The standard InChI is InChI=1S/C17H17N3OS.ClH/c1-21-12-8-6-11(7-9-12)20-16-15-13-4-2-3-5-14(13)22-17(15)19-10-18-16;/h6-10H,2-5H2,1H3,(H,18,19,20);1H. The van der Waals surface area contributed by atoms with Gasteiger partial charge in [0.05, 0.1) is 12.5 Å². The monoisotopic (exact) mass is 347 g/mol. The van der Waals surface area contributed by atoms with Crippen LogP contribution in [-0.4, -0.2) is 17.1 Å². The van der Waals surface area contributed by atoms with Crippen LogP contribution in [0.15, 0.2) is 30.6 Å². The van der Waals surface area contributed by atoms with Crippen LogP contribution in [0.4, 0.5) is 11.5 Å². The number of aromatic nitrogens is 2. The third-order valence-corrected chi connectivity index (χ3v) is 5.30. The quantitative estimate of drug-likeness (QED) is 0.743. The van der Waals surface area contributed by atoms with Gasteiger partial charge >= 0.3 is 0 Å². The first-order chi connectivity index (χ1) is 10.8. The molecule has 3 aromatic rings. The SMILES string of the molecule is COc1ccc(Nc2ncnc3sc4c(c23)CCCC4)cc1.Cl. The van der Waals surface area contributed by atoms with Gasteiger partial charge in [-0.1, -0.05) is 0 Å². The second-order valence-corrected chi connectivity index (χ2v) is 6.55. The molecule has 6 heteroatoms. The predicted molar refractivity (Wildman–Crippen MR) is 97.6 cm³/mol. The van der Waals surface area contributed by atoms with E-state index >= 15 is 0 Å². The third-order valence-electron chi connectivity index (χ3n) is 4.10. The van der Waals surface area contributed by atoms with Gasteiger partial charge < -0.3 is 10.1 Å². The molecule has 1 aliphatic rings. The molecule has 0 amide bonds. The number of nitrogens with zero attached hydrogens (tertiary/aromatic N) is 2. The van der Waals surface area contributed by atoms with Crippen molar-refractivity contribution in [3.63, 3.8) is 0 Å². The molecule has 2 aromatic heterocycles. The fraction of sp³-hybridized carbons (Fsp3) is 0.294. The average molecular weight is 348 g/mol. The van der Waals surface area contributed by atoms with Crippen LogP contribution in [0.1, 0.15) is 23.3 Å². The highest BCUT2D eigenvalue weighted by atomic mass is 35.5. The molecule has 0 aliphatic heterocycles. The maximum absolute atomic E-state index is 5.20. The van der Waals surface area contributed by atoms with E-state index in [-0.39, 0.29) is 12.4 Å². The summed E-state index contributed by atoms with van der Waals surface area (Å²) in [4.78, 5) is 11.5. The van der Waals surface area contributed by atoms with Gasteiger partial charge in [0.1, 0.15) is 22.7 Å². The molecule has 0 radical (unpaired) electrons. The molecule has 120 valence electrons. The van der Waals surface area contributed by atoms with Crippen molar-refractivity contribution in [2.45, 2.75) is 25.7 Å². The number of ether oxygens (including phenoxy) is 1. The van der Waals surface area contributed by atoms with Gasteiger partial charge in [-0.3, -0.25) is 0 Å². The molecule has 1 N–H and O–H groups in total. The van der Waals surface area contributed by atoms with Crippen molar-refractivity contribution in [2.75, 3.05) is 12.4 Å². The predicted octanol–water partition coefficient (Wildman–Crippen LogP) is 4.74. The average Bonchev–Trinajstić information content (AvgIpc) is 2.95. The fourth-order valence-electron chi connectivity index (χ4n) is 3.00. The van der Waals surface area contributed by atoms with E-state index in [0.29, 0.717) is 0 Å².